The van der Waals surface area contributed by atoms with Gasteiger partial charge in [0.1, 0.15) is 19.1 Å². The molecule has 1 unspecified atom stereocenters. The summed E-state index contributed by atoms with van der Waals surface area (Å²) < 4.78 is 0. The smallest absolute Gasteiger partial charge is 0.104 e. The number of aryl methyl sites for hydroxylation is 1. The minimum absolute atomic E-state index is 0.610. The lowest BCUT2D eigenvalue weighted by Gasteiger charge is -2.35. The van der Waals surface area contributed by atoms with E-state index in [1.807, 2.05) is 0 Å². The van der Waals surface area contributed by atoms with Gasteiger partial charge in [-0.1, -0.05) is 90.5 Å². The summed E-state index contributed by atoms with van der Waals surface area (Å²) in [4.78, 5) is 1.71. The van der Waals surface area contributed by atoms with Gasteiger partial charge in [0.05, 0.1) is 19.0 Å². The van der Waals surface area contributed by atoms with Crippen LogP contribution in [0.25, 0.3) is 0 Å². The van der Waals surface area contributed by atoms with E-state index in [0.717, 1.165) is 13.1 Å². The Labute approximate surface area is 169 Å². The van der Waals surface area contributed by atoms with E-state index in [2.05, 4.69) is 97.2 Å². The van der Waals surface area contributed by atoms with Crippen molar-refractivity contribution in [1.29, 1.82) is 0 Å². The molecular formula is C26H32N2+2. The molecular weight excluding hydrogens is 340 g/mol. The first-order valence-electron chi connectivity index (χ1n) is 10.6. The van der Waals surface area contributed by atoms with Gasteiger partial charge in [-0.2, -0.15) is 0 Å². The standard InChI is InChI=1S/C26H30N2/c1-21-9-8-12-23(17-21)18-27-26-15-16-28(19-22-10-4-2-5-11-22)20-25(26)24-13-6-3-7-14-24/h2-14,17,25-27H,15-16,18-20H2,1H3/p+2/t25-,26+/m1/s1. The summed E-state index contributed by atoms with van der Waals surface area (Å²) in [6.45, 7) is 6.86. The largest absolute Gasteiger partial charge is 0.339 e. The second kappa shape index (κ2) is 9.18. The van der Waals surface area contributed by atoms with Gasteiger partial charge in [0, 0.05) is 17.5 Å². The molecule has 1 fully saturated rings. The number of quaternary nitrogens is 2. The zero-order valence-corrected chi connectivity index (χ0v) is 16.9. The van der Waals surface area contributed by atoms with Gasteiger partial charge in [-0.3, -0.25) is 0 Å². The van der Waals surface area contributed by atoms with Gasteiger partial charge in [-0.05, 0) is 12.5 Å². The highest BCUT2D eigenvalue weighted by molar-refractivity contribution is 5.22. The van der Waals surface area contributed by atoms with Gasteiger partial charge in [-0.15, -0.1) is 0 Å². The maximum atomic E-state index is 2.59. The van der Waals surface area contributed by atoms with Crippen LogP contribution in [0, 0.1) is 6.92 Å². The van der Waals surface area contributed by atoms with Gasteiger partial charge in [0.15, 0.2) is 0 Å². The first-order chi connectivity index (χ1) is 13.8. The number of rotatable bonds is 6. The molecule has 1 saturated heterocycles. The van der Waals surface area contributed by atoms with Crippen molar-refractivity contribution in [2.45, 2.75) is 38.4 Å². The van der Waals surface area contributed by atoms with Crippen LogP contribution in [-0.4, -0.2) is 19.1 Å². The quantitative estimate of drug-likeness (QED) is 0.664. The zero-order valence-electron chi connectivity index (χ0n) is 16.9. The molecule has 0 bridgehead atoms. The van der Waals surface area contributed by atoms with Gasteiger partial charge < -0.3 is 10.2 Å². The first kappa shape index (κ1) is 18.9. The lowest BCUT2D eigenvalue weighted by molar-refractivity contribution is -0.928. The first-order valence-corrected chi connectivity index (χ1v) is 10.6. The minimum Gasteiger partial charge on any atom is -0.339 e. The predicted molar refractivity (Wildman–Crippen MR) is 115 cm³/mol. The van der Waals surface area contributed by atoms with Crippen LogP contribution in [0.4, 0.5) is 0 Å². The SMILES string of the molecule is Cc1cccc(C[NH2+][C@H]2CC[NH+](Cc3ccccc3)C[C@@H]2c2ccccc2)c1. The molecule has 1 aliphatic rings. The monoisotopic (exact) mass is 372 g/mol. The van der Waals surface area contributed by atoms with Crippen LogP contribution >= 0.6 is 0 Å². The number of hydrogen-bond acceptors (Lipinski definition) is 0. The number of piperidine rings is 1. The molecule has 0 saturated carbocycles. The molecule has 0 amide bonds. The Morgan fingerprint density at radius 1 is 0.857 bits per heavy atom. The highest BCUT2D eigenvalue weighted by Gasteiger charge is 2.35. The summed E-state index contributed by atoms with van der Waals surface area (Å²) in [6.07, 6.45) is 1.27. The topological polar surface area (TPSA) is 21.1 Å². The predicted octanol–water partition coefficient (Wildman–Crippen LogP) is 2.70. The Kier molecular flexibility index (Phi) is 6.20. The second-order valence-electron chi connectivity index (χ2n) is 8.27. The summed E-state index contributed by atoms with van der Waals surface area (Å²) in [7, 11) is 0. The number of nitrogens with one attached hydrogen (secondary N) is 1. The molecule has 1 aliphatic heterocycles. The molecule has 0 aliphatic carbocycles. The van der Waals surface area contributed by atoms with Crippen LogP contribution < -0.4 is 10.2 Å². The van der Waals surface area contributed by atoms with E-state index >= 15 is 0 Å². The van der Waals surface area contributed by atoms with Crippen LogP contribution in [0.1, 0.15) is 34.6 Å². The highest BCUT2D eigenvalue weighted by atomic mass is 15.1. The van der Waals surface area contributed by atoms with Crippen molar-refractivity contribution in [3.63, 3.8) is 0 Å². The fourth-order valence-corrected chi connectivity index (χ4v) is 4.66. The Balaban J connectivity index is 1.46. The molecule has 1 heterocycles. The van der Waals surface area contributed by atoms with E-state index in [-0.39, 0.29) is 0 Å². The average Bonchev–Trinajstić information content (AvgIpc) is 2.74. The van der Waals surface area contributed by atoms with Gasteiger partial charge in [0.25, 0.3) is 0 Å². The summed E-state index contributed by atoms with van der Waals surface area (Å²) in [6, 6.07) is 31.7. The molecule has 3 aromatic carbocycles. The molecule has 144 valence electrons. The van der Waals surface area contributed by atoms with E-state index in [0.29, 0.717) is 12.0 Å². The van der Waals surface area contributed by atoms with Crippen molar-refractivity contribution < 1.29 is 10.2 Å². The van der Waals surface area contributed by atoms with E-state index in [4.69, 9.17) is 0 Å². The molecule has 28 heavy (non-hydrogen) atoms. The van der Waals surface area contributed by atoms with Gasteiger partial charge in [-0.25, -0.2) is 0 Å². The van der Waals surface area contributed by atoms with Crippen molar-refractivity contribution in [3.8, 4) is 0 Å². The fourth-order valence-electron chi connectivity index (χ4n) is 4.66. The zero-order chi connectivity index (χ0) is 19.2. The molecule has 4 rings (SSSR count). The van der Waals surface area contributed by atoms with Gasteiger partial charge in [0.2, 0.25) is 0 Å². The Morgan fingerprint density at radius 2 is 1.57 bits per heavy atom. The van der Waals surface area contributed by atoms with Crippen LogP contribution in [0.15, 0.2) is 84.9 Å². The molecule has 0 radical (unpaired) electrons. The van der Waals surface area contributed by atoms with Crippen molar-refractivity contribution >= 4 is 0 Å². The molecule has 2 nitrogen and oxygen atoms in total. The van der Waals surface area contributed by atoms with Crippen LogP contribution in [-0.2, 0) is 13.1 Å². The average molecular weight is 373 g/mol. The van der Waals surface area contributed by atoms with E-state index in [1.165, 1.54) is 41.8 Å². The third-order valence-corrected chi connectivity index (χ3v) is 6.12. The summed E-state index contributed by atoms with van der Waals surface area (Å²) in [5, 5.41) is 2.59. The number of benzene rings is 3. The Bertz CT molecular complexity index is 860. The Hall–Kier alpha value is -2.42. The lowest BCUT2D eigenvalue weighted by atomic mass is 9.85. The minimum atomic E-state index is 0.610. The molecule has 3 aromatic rings. The normalized spacial score (nSPS) is 22.1. The molecule has 2 heteroatoms. The third kappa shape index (κ3) is 4.89. The summed E-state index contributed by atoms with van der Waals surface area (Å²) in [5.74, 6) is 0.610. The number of hydrogen-bond donors (Lipinski definition) is 2. The van der Waals surface area contributed by atoms with Crippen molar-refractivity contribution in [3.05, 3.63) is 107 Å². The maximum absolute atomic E-state index is 2.59. The van der Waals surface area contributed by atoms with Crippen LogP contribution in [0.2, 0.25) is 0 Å². The van der Waals surface area contributed by atoms with E-state index in [9.17, 15) is 0 Å². The van der Waals surface area contributed by atoms with Crippen molar-refractivity contribution in [1.82, 2.24) is 0 Å². The maximum Gasteiger partial charge on any atom is 0.104 e. The molecule has 3 N–H and O–H groups in total. The summed E-state index contributed by atoms with van der Waals surface area (Å²) in [5.41, 5.74) is 5.74. The second-order valence-corrected chi connectivity index (χ2v) is 8.27. The number of nitrogens with two attached hydrogens (primary N) is 1. The Morgan fingerprint density at radius 3 is 2.32 bits per heavy atom. The highest BCUT2D eigenvalue weighted by Crippen LogP contribution is 2.20. The van der Waals surface area contributed by atoms with E-state index in [1.54, 1.807) is 4.90 Å². The lowest BCUT2D eigenvalue weighted by Crippen LogP contribution is -3.14. The summed E-state index contributed by atoms with van der Waals surface area (Å²) >= 11 is 0. The number of likely N-dealkylation sites (tertiary alicyclic amines) is 1. The van der Waals surface area contributed by atoms with E-state index < -0.39 is 0 Å². The molecule has 0 spiro atoms. The van der Waals surface area contributed by atoms with Gasteiger partial charge >= 0.3 is 0 Å². The fraction of sp³-hybridized carbons (Fsp3) is 0.308. The van der Waals surface area contributed by atoms with Crippen molar-refractivity contribution in [2.24, 2.45) is 0 Å². The molecule has 3 atom stereocenters. The van der Waals surface area contributed by atoms with Crippen LogP contribution in [0.5, 0.6) is 0 Å². The van der Waals surface area contributed by atoms with Crippen LogP contribution in [0.3, 0.4) is 0 Å². The van der Waals surface area contributed by atoms with Crippen molar-refractivity contribution in [2.75, 3.05) is 13.1 Å². The molecule has 0 aromatic heterocycles. The third-order valence-electron chi connectivity index (χ3n) is 6.12.